The van der Waals surface area contributed by atoms with Gasteiger partial charge in [0.15, 0.2) is 11.5 Å². The molecule has 134 valence electrons. The standard InChI is InChI=1S/C20H15FN4O2/c1-20-10-9-16(26)24(20)15-8-7-13(21)11-14(15)18-22-19(27)17(23-25(18)20)12-5-3-2-4-6-12/h2-8,11H,9-10H2,1H3/t20-/m1/s1. The Morgan fingerprint density at radius 3 is 2.67 bits per heavy atom. The number of carbonyl (C=O) groups excluding carboxylic acids is 1. The molecule has 3 heterocycles. The van der Waals surface area contributed by atoms with Crippen LogP contribution in [0.5, 0.6) is 0 Å². The molecule has 0 spiro atoms. The van der Waals surface area contributed by atoms with E-state index in [2.05, 4.69) is 10.1 Å². The average Bonchev–Trinajstić information content (AvgIpc) is 2.98. The van der Waals surface area contributed by atoms with Gasteiger partial charge in [0.25, 0.3) is 5.56 Å². The number of amides is 1. The minimum absolute atomic E-state index is 0.0576. The number of hydrogen-bond acceptors (Lipinski definition) is 4. The van der Waals surface area contributed by atoms with Gasteiger partial charge < -0.3 is 0 Å². The molecule has 2 aliphatic rings. The molecule has 0 N–H and O–H groups in total. The summed E-state index contributed by atoms with van der Waals surface area (Å²) in [6.45, 7) is 1.89. The van der Waals surface area contributed by atoms with Crippen LogP contribution < -0.4 is 10.5 Å². The van der Waals surface area contributed by atoms with Crippen molar-refractivity contribution >= 4 is 11.6 Å². The van der Waals surface area contributed by atoms with Crippen molar-refractivity contribution in [2.45, 2.75) is 25.4 Å². The number of anilines is 1. The Balaban J connectivity index is 1.85. The summed E-state index contributed by atoms with van der Waals surface area (Å²) in [4.78, 5) is 31.2. The number of fused-ring (bicyclic) bond motifs is 6. The molecule has 1 aromatic heterocycles. The van der Waals surface area contributed by atoms with Crippen LogP contribution in [0, 0.1) is 5.82 Å². The van der Waals surface area contributed by atoms with E-state index in [1.807, 2.05) is 25.1 Å². The van der Waals surface area contributed by atoms with Crippen LogP contribution in [-0.4, -0.2) is 20.7 Å². The van der Waals surface area contributed by atoms with E-state index in [4.69, 9.17) is 0 Å². The highest BCUT2D eigenvalue weighted by Crippen LogP contribution is 2.47. The maximum Gasteiger partial charge on any atom is 0.300 e. The van der Waals surface area contributed by atoms with Gasteiger partial charge in [-0.15, -0.1) is 0 Å². The first-order valence-corrected chi connectivity index (χ1v) is 8.69. The molecular formula is C20H15FN4O2. The van der Waals surface area contributed by atoms with Crippen molar-refractivity contribution in [3.8, 4) is 22.6 Å². The smallest absolute Gasteiger partial charge is 0.286 e. The van der Waals surface area contributed by atoms with Crippen molar-refractivity contribution in [2.24, 2.45) is 0 Å². The molecule has 0 saturated carbocycles. The van der Waals surface area contributed by atoms with Crippen LogP contribution in [0.1, 0.15) is 19.8 Å². The van der Waals surface area contributed by atoms with Gasteiger partial charge in [-0.2, -0.15) is 10.1 Å². The van der Waals surface area contributed by atoms with Gasteiger partial charge in [0.2, 0.25) is 5.91 Å². The Morgan fingerprint density at radius 1 is 1.11 bits per heavy atom. The number of aromatic nitrogens is 3. The van der Waals surface area contributed by atoms with Crippen LogP contribution in [0.25, 0.3) is 22.6 Å². The van der Waals surface area contributed by atoms with Gasteiger partial charge in [0.1, 0.15) is 11.5 Å². The molecule has 0 radical (unpaired) electrons. The molecule has 0 bridgehead atoms. The molecule has 1 saturated heterocycles. The second kappa shape index (κ2) is 5.33. The molecule has 7 heteroatoms. The van der Waals surface area contributed by atoms with Gasteiger partial charge in [-0.1, -0.05) is 30.3 Å². The lowest BCUT2D eigenvalue weighted by atomic mass is 10.0. The Labute approximate surface area is 153 Å². The summed E-state index contributed by atoms with van der Waals surface area (Å²) < 4.78 is 15.5. The van der Waals surface area contributed by atoms with Crippen LogP contribution in [0.3, 0.4) is 0 Å². The van der Waals surface area contributed by atoms with Crippen LogP contribution in [-0.2, 0) is 10.5 Å². The van der Waals surface area contributed by atoms with Gasteiger partial charge in [0, 0.05) is 24.0 Å². The fourth-order valence-electron chi connectivity index (χ4n) is 3.99. The maximum atomic E-state index is 13.9. The fraction of sp³-hybridized carbons (Fsp3) is 0.200. The number of halogens is 1. The first-order chi connectivity index (χ1) is 13.0. The number of nitrogens with zero attached hydrogens (tertiary/aromatic N) is 4. The third-order valence-corrected chi connectivity index (χ3v) is 5.30. The summed E-state index contributed by atoms with van der Waals surface area (Å²) in [6.07, 6.45) is 0.878. The molecule has 27 heavy (non-hydrogen) atoms. The molecule has 1 amide bonds. The van der Waals surface area contributed by atoms with Crippen LogP contribution in [0.4, 0.5) is 10.1 Å². The number of rotatable bonds is 1. The van der Waals surface area contributed by atoms with Crippen molar-refractivity contribution in [1.29, 1.82) is 0 Å². The van der Waals surface area contributed by atoms with Gasteiger partial charge in [0.05, 0.1) is 5.69 Å². The van der Waals surface area contributed by atoms with E-state index in [-0.39, 0.29) is 17.4 Å². The quantitative estimate of drug-likeness (QED) is 0.668. The van der Waals surface area contributed by atoms with E-state index in [1.54, 1.807) is 27.8 Å². The van der Waals surface area contributed by atoms with Crippen LogP contribution in [0.15, 0.2) is 53.3 Å². The molecule has 2 aromatic carbocycles. The monoisotopic (exact) mass is 362 g/mol. The topological polar surface area (TPSA) is 68.1 Å². The minimum atomic E-state index is -0.790. The Kier molecular flexibility index (Phi) is 3.13. The summed E-state index contributed by atoms with van der Waals surface area (Å²) in [5.41, 5.74) is 0.537. The Bertz CT molecular complexity index is 1160. The molecule has 1 fully saturated rings. The van der Waals surface area contributed by atoms with Crippen molar-refractivity contribution in [2.75, 3.05) is 4.90 Å². The van der Waals surface area contributed by atoms with Crippen molar-refractivity contribution < 1.29 is 9.18 Å². The number of hydrogen-bond donors (Lipinski definition) is 0. The number of carbonyl (C=O) groups is 1. The highest BCUT2D eigenvalue weighted by molar-refractivity contribution is 6.01. The molecule has 0 aliphatic carbocycles. The van der Waals surface area contributed by atoms with Crippen molar-refractivity contribution in [3.63, 3.8) is 0 Å². The second-order valence-corrected chi connectivity index (χ2v) is 6.97. The predicted molar refractivity (Wildman–Crippen MR) is 97.5 cm³/mol. The van der Waals surface area contributed by atoms with E-state index in [9.17, 15) is 14.0 Å². The highest BCUT2D eigenvalue weighted by Gasteiger charge is 2.50. The summed E-state index contributed by atoms with van der Waals surface area (Å²) >= 11 is 0. The predicted octanol–water partition coefficient (Wildman–Crippen LogP) is 2.92. The Hall–Kier alpha value is -3.35. The van der Waals surface area contributed by atoms with E-state index < -0.39 is 17.0 Å². The summed E-state index contributed by atoms with van der Waals surface area (Å²) in [6, 6.07) is 13.2. The zero-order valence-corrected chi connectivity index (χ0v) is 14.5. The van der Waals surface area contributed by atoms with Crippen LogP contribution >= 0.6 is 0 Å². The summed E-state index contributed by atoms with van der Waals surface area (Å²) in [5.74, 6) is -0.239. The normalized spacial score (nSPS) is 20.2. The zero-order chi connectivity index (χ0) is 18.8. The summed E-state index contributed by atoms with van der Waals surface area (Å²) in [5, 5.41) is 4.59. The summed E-state index contributed by atoms with van der Waals surface area (Å²) in [7, 11) is 0. The molecular weight excluding hydrogens is 347 g/mol. The Morgan fingerprint density at radius 2 is 1.89 bits per heavy atom. The lowest BCUT2D eigenvalue weighted by molar-refractivity contribution is -0.117. The van der Waals surface area contributed by atoms with E-state index in [0.29, 0.717) is 29.7 Å². The molecule has 1 atom stereocenters. The van der Waals surface area contributed by atoms with Gasteiger partial charge in [-0.05, 0) is 25.1 Å². The lowest BCUT2D eigenvalue weighted by Gasteiger charge is -2.42. The third-order valence-electron chi connectivity index (χ3n) is 5.30. The molecule has 5 rings (SSSR count). The maximum absolute atomic E-state index is 13.9. The van der Waals surface area contributed by atoms with E-state index >= 15 is 0 Å². The van der Waals surface area contributed by atoms with E-state index in [0.717, 1.165) is 0 Å². The second-order valence-electron chi connectivity index (χ2n) is 6.97. The van der Waals surface area contributed by atoms with Crippen molar-refractivity contribution in [1.82, 2.24) is 14.8 Å². The minimum Gasteiger partial charge on any atom is -0.286 e. The van der Waals surface area contributed by atoms with E-state index in [1.165, 1.54) is 12.1 Å². The largest absolute Gasteiger partial charge is 0.300 e. The van der Waals surface area contributed by atoms with Gasteiger partial charge in [-0.25, -0.2) is 9.07 Å². The van der Waals surface area contributed by atoms with Crippen molar-refractivity contribution in [3.05, 3.63) is 64.7 Å². The first-order valence-electron chi connectivity index (χ1n) is 8.69. The highest BCUT2D eigenvalue weighted by atomic mass is 19.1. The first kappa shape index (κ1) is 15.9. The molecule has 2 aliphatic heterocycles. The molecule has 0 unspecified atom stereocenters. The average molecular weight is 362 g/mol. The molecule has 6 nitrogen and oxygen atoms in total. The van der Waals surface area contributed by atoms with Crippen LogP contribution in [0.2, 0.25) is 0 Å². The van der Waals surface area contributed by atoms with Gasteiger partial charge >= 0.3 is 0 Å². The fourth-order valence-corrected chi connectivity index (χ4v) is 3.99. The SMILES string of the molecule is C[C@@]12CCC(=O)N1c1ccc(F)cc1-c1nc(=O)c(-c3ccccc3)nn12. The lowest BCUT2D eigenvalue weighted by Crippen LogP contribution is -2.51. The number of benzene rings is 2. The zero-order valence-electron chi connectivity index (χ0n) is 14.5. The molecule has 3 aromatic rings. The van der Waals surface area contributed by atoms with Gasteiger partial charge in [-0.3, -0.25) is 14.5 Å². The third kappa shape index (κ3) is 2.11.